The molecule has 0 fully saturated rings. The fraction of sp³-hybridized carbons (Fsp3) is 0.667. The van der Waals surface area contributed by atoms with Crippen LogP contribution >= 0.6 is 0 Å². The molecule has 0 aromatic rings. The fourth-order valence-corrected chi connectivity index (χ4v) is 0.863. The molecule has 0 rings (SSSR count). The Labute approximate surface area is 98.0 Å². The van der Waals surface area contributed by atoms with Crippen LogP contribution in [0.15, 0.2) is 12.7 Å². The molecule has 0 unspecified atom stereocenters. The predicted molar refractivity (Wildman–Crippen MR) is 47.7 cm³/mol. The van der Waals surface area contributed by atoms with Crippen LogP contribution in [0, 0.1) is 0 Å². The summed E-state index contributed by atoms with van der Waals surface area (Å²) < 4.78 is 80.2. The van der Waals surface area contributed by atoms with Crippen LogP contribution in [0.4, 0.5) is 26.3 Å². The highest BCUT2D eigenvalue weighted by molar-refractivity contribution is 5.81. The van der Waals surface area contributed by atoms with Crippen molar-refractivity contribution in [2.24, 2.45) is 0 Å². The highest BCUT2D eigenvalue weighted by Gasteiger charge is 2.70. The summed E-state index contributed by atoms with van der Waals surface area (Å²) in [5.74, 6) is -17.3. The lowest BCUT2D eigenvalue weighted by molar-refractivity contribution is -0.319. The molecule has 0 spiro atoms. The van der Waals surface area contributed by atoms with Crippen LogP contribution in [-0.4, -0.2) is 42.1 Å². The van der Waals surface area contributed by atoms with E-state index in [1.165, 1.54) is 0 Å². The number of hydrogen-bond donors (Lipinski definition) is 1. The van der Waals surface area contributed by atoms with Gasteiger partial charge in [0, 0.05) is 6.08 Å². The monoisotopic (exact) mass is 280 g/mol. The Morgan fingerprint density at radius 1 is 1.17 bits per heavy atom. The summed E-state index contributed by atoms with van der Waals surface area (Å²) in [5.41, 5.74) is 0. The van der Waals surface area contributed by atoms with E-state index in [9.17, 15) is 31.1 Å². The summed E-state index contributed by atoms with van der Waals surface area (Å²) in [4.78, 5) is 10.4. The lowest BCUT2D eigenvalue weighted by Crippen LogP contribution is -2.56. The number of carbonyl (C=O) groups excluding carboxylic acids is 1. The van der Waals surface area contributed by atoms with E-state index in [0.29, 0.717) is 6.08 Å². The van der Waals surface area contributed by atoms with Crippen molar-refractivity contribution >= 4 is 5.97 Å². The number of hydrogen-bond acceptors (Lipinski definition) is 3. The molecule has 3 nitrogen and oxygen atoms in total. The first-order chi connectivity index (χ1) is 8.02. The van der Waals surface area contributed by atoms with E-state index in [4.69, 9.17) is 5.11 Å². The van der Waals surface area contributed by atoms with E-state index in [2.05, 4.69) is 11.3 Å². The van der Waals surface area contributed by atoms with Crippen LogP contribution in [0.1, 0.15) is 6.42 Å². The maximum absolute atomic E-state index is 12.9. The van der Waals surface area contributed by atoms with Gasteiger partial charge in [-0.25, -0.2) is 4.79 Å². The second-order valence-electron chi connectivity index (χ2n) is 3.26. The van der Waals surface area contributed by atoms with Gasteiger partial charge in [0.15, 0.2) is 0 Å². The fourth-order valence-electron chi connectivity index (χ4n) is 0.863. The Morgan fingerprint density at radius 2 is 1.67 bits per heavy atom. The van der Waals surface area contributed by atoms with Crippen molar-refractivity contribution in [3.8, 4) is 0 Å². The van der Waals surface area contributed by atoms with Crippen LogP contribution in [0.3, 0.4) is 0 Å². The summed E-state index contributed by atoms with van der Waals surface area (Å²) in [6.45, 7) is -0.700. The molecule has 9 heteroatoms. The standard InChI is InChI=1S/C9H10F6O3/c1-2-6(17)18-4-3-7(10,11)9(14,15)8(12,13)5-16/h2,16H,1,3-5H2. The summed E-state index contributed by atoms with van der Waals surface area (Å²) in [6.07, 6.45) is -1.21. The number of ether oxygens (including phenoxy) is 1. The topological polar surface area (TPSA) is 46.5 Å². The molecule has 0 aromatic heterocycles. The molecule has 0 saturated carbocycles. The molecule has 0 aromatic carbocycles. The van der Waals surface area contributed by atoms with Gasteiger partial charge in [0.2, 0.25) is 0 Å². The highest BCUT2D eigenvalue weighted by Crippen LogP contribution is 2.46. The lowest BCUT2D eigenvalue weighted by atomic mass is 10.0. The first-order valence-electron chi connectivity index (χ1n) is 4.55. The van der Waals surface area contributed by atoms with Crippen molar-refractivity contribution in [3.05, 3.63) is 12.7 Å². The molecular formula is C9H10F6O3. The summed E-state index contributed by atoms with van der Waals surface area (Å²) in [7, 11) is 0. The highest BCUT2D eigenvalue weighted by atomic mass is 19.3. The number of halogens is 6. The summed E-state index contributed by atoms with van der Waals surface area (Å²) >= 11 is 0. The maximum Gasteiger partial charge on any atom is 0.374 e. The molecule has 0 aliphatic rings. The average molecular weight is 280 g/mol. The van der Waals surface area contributed by atoms with E-state index >= 15 is 0 Å². The number of alkyl halides is 6. The third kappa shape index (κ3) is 3.37. The molecule has 0 aliphatic carbocycles. The van der Waals surface area contributed by atoms with E-state index in [-0.39, 0.29) is 0 Å². The Hall–Kier alpha value is -1.25. The van der Waals surface area contributed by atoms with Crippen molar-refractivity contribution in [1.29, 1.82) is 0 Å². The van der Waals surface area contributed by atoms with Gasteiger partial charge in [-0.2, -0.15) is 26.3 Å². The second-order valence-corrected chi connectivity index (χ2v) is 3.26. The zero-order chi connectivity index (χ0) is 14.6. The van der Waals surface area contributed by atoms with Crippen LogP contribution < -0.4 is 0 Å². The Morgan fingerprint density at radius 3 is 2.06 bits per heavy atom. The minimum atomic E-state index is -5.75. The minimum Gasteiger partial charge on any atom is -0.462 e. The first kappa shape index (κ1) is 16.8. The van der Waals surface area contributed by atoms with Crippen molar-refractivity contribution in [2.45, 2.75) is 24.2 Å². The van der Waals surface area contributed by atoms with Gasteiger partial charge in [-0.3, -0.25) is 0 Å². The number of carbonyl (C=O) groups is 1. The SMILES string of the molecule is C=CC(=O)OCCC(F)(F)C(F)(F)C(F)(F)CO. The van der Waals surface area contributed by atoms with Crippen LogP contribution in [0.2, 0.25) is 0 Å². The maximum atomic E-state index is 12.9. The van der Waals surface area contributed by atoms with E-state index in [0.717, 1.165) is 0 Å². The molecule has 18 heavy (non-hydrogen) atoms. The minimum absolute atomic E-state index is 0.596. The zero-order valence-corrected chi connectivity index (χ0v) is 8.94. The van der Waals surface area contributed by atoms with Gasteiger partial charge in [0.25, 0.3) is 0 Å². The Bertz CT molecular complexity index is 315. The number of aliphatic hydroxyl groups excluding tert-OH is 1. The molecule has 0 aliphatic heterocycles. The number of esters is 1. The molecule has 1 N–H and O–H groups in total. The quantitative estimate of drug-likeness (QED) is 0.441. The first-order valence-corrected chi connectivity index (χ1v) is 4.55. The summed E-state index contributed by atoms with van der Waals surface area (Å²) in [6, 6.07) is 0. The Kier molecular flexibility index (Phi) is 5.21. The Balaban J connectivity index is 4.71. The van der Waals surface area contributed by atoms with Crippen LogP contribution in [0.25, 0.3) is 0 Å². The molecule has 0 saturated heterocycles. The van der Waals surface area contributed by atoms with E-state index < -0.39 is 43.4 Å². The molecular weight excluding hydrogens is 270 g/mol. The van der Waals surface area contributed by atoms with Gasteiger partial charge in [-0.1, -0.05) is 6.58 Å². The molecule has 0 radical (unpaired) electrons. The third-order valence-corrected chi connectivity index (χ3v) is 1.94. The lowest BCUT2D eigenvalue weighted by Gasteiger charge is -2.31. The summed E-state index contributed by atoms with van der Waals surface area (Å²) in [5, 5.41) is 7.98. The molecule has 0 amide bonds. The van der Waals surface area contributed by atoms with Gasteiger partial charge in [-0.05, 0) is 0 Å². The van der Waals surface area contributed by atoms with Crippen molar-refractivity contribution < 1.29 is 41.0 Å². The van der Waals surface area contributed by atoms with Crippen molar-refractivity contribution in [2.75, 3.05) is 13.2 Å². The van der Waals surface area contributed by atoms with Gasteiger partial charge in [0.1, 0.15) is 6.61 Å². The van der Waals surface area contributed by atoms with Gasteiger partial charge in [0.05, 0.1) is 13.0 Å². The molecule has 0 heterocycles. The largest absolute Gasteiger partial charge is 0.462 e. The van der Waals surface area contributed by atoms with Crippen molar-refractivity contribution in [1.82, 2.24) is 0 Å². The van der Waals surface area contributed by atoms with Gasteiger partial charge >= 0.3 is 23.7 Å². The molecule has 106 valence electrons. The van der Waals surface area contributed by atoms with Crippen LogP contribution in [-0.2, 0) is 9.53 Å². The van der Waals surface area contributed by atoms with Gasteiger partial charge < -0.3 is 9.84 Å². The second kappa shape index (κ2) is 5.59. The van der Waals surface area contributed by atoms with E-state index in [1.807, 2.05) is 0 Å². The third-order valence-electron chi connectivity index (χ3n) is 1.94. The van der Waals surface area contributed by atoms with Crippen molar-refractivity contribution in [3.63, 3.8) is 0 Å². The number of aliphatic hydroxyl groups is 1. The molecule has 0 bridgehead atoms. The smallest absolute Gasteiger partial charge is 0.374 e. The zero-order valence-electron chi connectivity index (χ0n) is 8.94. The normalized spacial score (nSPS) is 13.3. The van der Waals surface area contributed by atoms with E-state index in [1.54, 1.807) is 0 Å². The van der Waals surface area contributed by atoms with Gasteiger partial charge in [-0.15, -0.1) is 0 Å². The van der Waals surface area contributed by atoms with Crippen LogP contribution in [0.5, 0.6) is 0 Å². The predicted octanol–water partition coefficient (Wildman–Crippen LogP) is 2.00. The number of rotatable bonds is 7. The average Bonchev–Trinajstić information content (AvgIpc) is 2.27. The molecule has 0 atom stereocenters.